The average Bonchev–Trinajstić information content (AvgIpc) is 2.46. The first-order valence-corrected chi connectivity index (χ1v) is 8.12. The highest BCUT2D eigenvalue weighted by Crippen LogP contribution is 2.26. The van der Waals surface area contributed by atoms with E-state index in [0.717, 1.165) is 25.7 Å². The van der Waals surface area contributed by atoms with Gasteiger partial charge in [-0.2, -0.15) is 0 Å². The van der Waals surface area contributed by atoms with Crippen molar-refractivity contribution in [2.24, 2.45) is 0 Å². The van der Waals surface area contributed by atoms with E-state index in [2.05, 4.69) is 41.5 Å². The van der Waals surface area contributed by atoms with Crippen LogP contribution in [0.5, 0.6) is 0 Å². The maximum Gasteiger partial charge on any atom is 0.407 e. The molecule has 1 aliphatic rings. The molecular weight excluding hydrogens is 276 g/mol. The van der Waals surface area contributed by atoms with Crippen LogP contribution in [0.2, 0.25) is 0 Å². The van der Waals surface area contributed by atoms with Crippen molar-refractivity contribution in [3.63, 3.8) is 0 Å². The van der Waals surface area contributed by atoms with Gasteiger partial charge in [-0.05, 0) is 58.6 Å². The molecule has 1 saturated carbocycles. The number of alkyl carbamates (subject to hydrolysis) is 1. The lowest BCUT2D eigenvalue weighted by molar-refractivity contribution is 0.0491. The summed E-state index contributed by atoms with van der Waals surface area (Å²) < 4.78 is 5.32. The largest absolute Gasteiger partial charge is 0.444 e. The van der Waals surface area contributed by atoms with E-state index in [-0.39, 0.29) is 12.1 Å². The Balaban J connectivity index is 1.79. The predicted octanol–water partition coefficient (Wildman–Crippen LogP) is 3.96. The quantitative estimate of drug-likeness (QED) is 0.919. The SMILES string of the molecule is CN(c1ccccc1)C1CCC(NC(=O)OC(C)(C)C)CC1. The van der Waals surface area contributed by atoms with Gasteiger partial charge in [-0.15, -0.1) is 0 Å². The number of para-hydroxylation sites is 1. The summed E-state index contributed by atoms with van der Waals surface area (Å²) in [5, 5.41) is 2.99. The number of hydrogen-bond acceptors (Lipinski definition) is 3. The number of benzene rings is 1. The molecule has 1 aromatic carbocycles. The second kappa shape index (κ2) is 7.03. The second-order valence-electron chi connectivity index (χ2n) is 7.10. The van der Waals surface area contributed by atoms with Gasteiger partial charge in [0.05, 0.1) is 0 Å². The maximum atomic E-state index is 11.8. The predicted molar refractivity (Wildman–Crippen MR) is 90.3 cm³/mol. The van der Waals surface area contributed by atoms with Crippen LogP contribution in [-0.2, 0) is 4.74 Å². The number of nitrogens with zero attached hydrogens (tertiary/aromatic N) is 1. The fraction of sp³-hybridized carbons (Fsp3) is 0.611. The number of amides is 1. The van der Waals surface area contributed by atoms with E-state index in [1.165, 1.54) is 5.69 Å². The van der Waals surface area contributed by atoms with Gasteiger partial charge >= 0.3 is 6.09 Å². The summed E-state index contributed by atoms with van der Waals surface area (Å²) in [6.45, 7) is 5.66. The molecule has 0 aliphatic heterocycles. The molecule has 0 heterocycles. The molecule has 0 radical (unpaired) electrons. The van der Waals surface area contributed by atoms with E-state index in [1.54, 1.807) is 0 Å². The molecule has 1 fully saturated rings. The minimum atomic E-state index is -0.436. The van der Waals surface area contributed by atoms with Gasteiger partial charge in [0, 0.05) is 24.8 Å². The van der Waals surface area contributed by atoms with Gasteiger partial charge < -0.3 is 15.0 Å². The molecule has 0 unspecified atom stereocenters. The zero-order valence-corrected chi connectivity index (χ0v) is 14.1. The molecule has 1 N–H and O–H groups in total. The molecule has 4 heteroatoms. The smallest absolute Gasteiger partial charge is 0.407 e. The van der Waals surface area contributed by atoms with Crippen molar-refractivity contribution in [2.75, 3.05) is 11.9 Å². The first-order chi connectivity index (χ1) is 10.3. The normalized spacial score (nSPS) is 22.0. The van der Waals surface area contributed by atoms with Crippen LogP contribution in [0, 0.1) is 0 Å². The summed E-state index contributed by atoms with van der Waals surface area (Å²) >= 11 is 0. The van der Waals surface area contributed by atoms with Gasteiger partial charge in [0.1, 0.15) is 5.60 Å². The molecule has 0 atom stereocenters. The molecule has 122 valence electrons. The standard InChI is InChI=1S/C18H28N2O2/c1-18(2,3)22-17(21)19-14-10-12-16(13-11-14)20(4)15-8-6-5-7-9-15/h5-9,14,16H,10-13H2,1-4H3,(H,19,21). The molecule has 2 rings (SSSR count). The Kier molecular flexibility index (Phi) is 5.33. The van der Waals surface area contributed by atoms with Crippen molar-refractivity contribution >= 4 is 11.8 Å². The Hall–Kier alpha value is -1.71. The summed E-state index contributed by atoms with van der Waals surface area (Å²) in [7, 11) is 2.15. The summed E-state index contributed by atoms with van der Waals surface area (Å²) in [6.07, 6.45) is 3.88. The highest BCUT2D eigenvalue weighted by molar-refractivity contribution is 5.68. The number of carbonyl (C=O) groups is 1. The Morgan fingerprint density at radius 2 is 1.73 bits per heavy atom. The summed E-state index contributed by atoms with van der Waals surface area (Å²) in [5.74, 6) is 0. The molecule has 4 nitrogen and oxygen atoms in total. The van der Waals surface area contributed by atoms with E-state index >= 15 is 0 Å². The van der Waals surface area contributed by atoms with E-state index in [1.807, 2.05) is 26.8 Å². The van der Waals surface area contributed by atoms with Crippen molar-refractivity contribution < 1.29 is 9.53 Å². The third-order valence-corrected chi connectivity index (χ3v) is 4.13. The van der Waals surface area contributed by atoms with E-state index in [0.29, 0.717) is 6.04 Å². The molecule has 1 amide bonds. The highest BCUT2D eigenvalue weighted by Gasteiger charge is 2.26. The van der Waals surface area contributed by atoms with Gasteiger partial charge in [0.2, 0.25) is 0 Å². The lowest BCUT2D eigenvalue weighted by Crippen LogP contribution is -2.44. The molecule has 22 heavy (non-hydrogen) atoms. The van der Waals surface area contributed by atoms with Gasteiger partial charge in [-0.3, -0.25) is 0 Å². The molecule has 0 spiro atoms. The molecular formula is C18H28N2O2. The van der Waals surface area contributed by atoms with E-state index in [4.69, 9.17) is 4.74 Å². The zero-order chi connectivity index (χ0) is 16.2. The first kappa shape index (κ1) is 16.7. The number of ether oxygens (including phenoxy) is 1. The van der Waals surface area contributed by atoms with Crippen LogP contribution in [0.25, 0.3) is 0 Å². The zero-order valence-electron chi connectivity index (χ0n) is 14.1. The highest BCUT2D eigenvalue weighted by atomic mass is 16.6. The number of anilines is 1. The third-order valence-electron chi connectivity index (χ3n) is 4.13. The van der Waals surface area contributed by atoms with Gasteiger partial charge in [0.15, 0.2) is 0 Å². The van der Waals surface area contributed by atoms with Gasteiger partial charge in [0.25, 0.3) is 0 Å². The maximum absolute atomic E-state index is 11.8. The van der Waals surface area contributed by atoms with Crippen molar-refractivity contribution in [1.29, 1.82) is 0 Å². The number of rotatable bonds is 3. The van der Waals surface area contributed by atoms with Crippen molar-refractivity contribution in [1.82, 2.24) is 5.32 Å². The second-order valence-corrected chi connectivity index (χ2v) is 7.10. The first-order valence-electron chi connectivity index (χ1n) is 8.12. The van der Waals surface area contributed by atoms with Crippen LogP contribution in [-0.4, -0.2) is 30.8 Å². The van der Waals surface area contributed by atoms with Crippen molar-refractivity contribution in [3.8, 4) is 0 Å². The van der Waals surface area contributed by atoms with Crippen LogP contribution in [0.4, 0.5) is 10.5 Å². The minimum Gasteiger partial charge on any atom is -0.444 e. The van der Waals surface area contributed by atoms with Crippen LogP contribution >= 0.6 is 0 Å². The third kappa shape index (κ3) is 4.93. The Morgan fingerprint density at radius 1 is 1.14 bits per heavy atom. The van der Waals surface area contributed by atoms with Crippen LogP contribution in [0.3, 0.4) is 0 Å². The fourth-order valence-corrected chi connectivity index (χ4v) is 2.96. The lowest BCUT2D eigenvalue weighted by Gasteiger charge is -2.36. The summed E-state index contributed by atoms with van der Waals surface area (Å²) in [4.78, 5) is 14.2. The Bertz CT molecular complexity index is 474. The molecule has 0 bridgehead atoms. The number of hydrogen-bond donors (Lipinski definition) is 1. The van der Waals surface area contributed by atoms with Crippen LogP contribution in [0.15, 0.2) is 30.3 Å². The number of nitrogens with one attached hydrogen (secondary N) is 1. The van der Waals surface area contributed by atoms with Gasteiger partial charge in [-0.1, -0.05) is 18.2 Å². The molecule has 0 aromatic heterocycles. The monoisotopic (exact) mass is 304 g/mol. The number of carbonyl (C=O) groups excluding carboxylic acids is 1. The van der Waals surface area contributed by atoms with E-state index in [9.17, 15) is 4.79 Å². The van der Waals surface area contributed by atoms with Crippen molar-refractivity contribution in [3.05, 3.63) is 30.3 Å². The molecule has 0 saturated heterocycles. The van der Waals surface area contributed by atoms with Crippen molar-refractivity contribution in [2.45, 2.75) is 64.1 Å². The summed E-state index contributed by atoms with van der Waals surface area (Å²) in [6, 6.07) is 11.2. The van der Waals surface area contributed by atoms with Gasteiger partial charge in [-0.25, -0.2) is 4.79 Å². The summed E-state index contributed by atoms with van der Waals surface area (Å²) in [5.41, 5.74) is 0.820. The lowest BCUT2D eigenvalue weighted by atomic mass is 9.90. The van der Waals surface area contributed by atoms with E-state index < -0.39 is 5.60 Å². The van der Waals surface area contributed by atoms with Crippen LogP contribution in [0.1, 0.15) is 46.5 Å². The topological polar surface area (TPSA) is 41.6 Å². The Labute approximate surface area is 133 Å². The Morgan fingerprint density at radius 3 is 2.27 bits per heavy atom. The molecule has 1 aromatic rings. The van der Waals surface area contributed by atoms with Crippen LogP contribution < -0.4 is 10.2 Å². The molecule has 1 aliphatic carbocycles. The average molecular weight is 304 g/mol. The fourth-order valence-electron chi connectivity index (χ4n) is 2.96. The minimum absolute atomic E-state index is 0.232.